The third-order valence-corrected chi connectivity index (χ3v) is 3.21. The van der Waals surface area contributed by atoms with Gasteiger partial charge < -0.3 is 10.0 Å². The normalized spacial score (nSPS) is 14.8. The van der Waals surface area contributed by atoms with Crippen LogP contribution in [0.25, 0.3) is 0 Å². The second-order valence-electron chi connectivity index (χ2n) is 3.65. The fourth-order valence-corrected chi connectivity index (χ4v) is 2.39. The number of aryl methyl sites for hydroxylation is 1. The van der Waals surface area contributed by atoms with Crippen LogP contribution >= 0.6 is 22.6 Å². The van der Waals surface area contributed by atoms with Crippen LogP contribution in [-0.4, -0.2) is 23.5 Å². The number of carboxylic acids is 1. The minimum absolute atomic E-state index is 0.115. The molecule has 0 saturated carbocycles. The minimum atomic E-state index is -0.986. The molecule has 1 aromatic rings. The highest BCUT2D eigenvalue weighted by Crippen LogP contribution is 2.28. The molecule has 0 aliphatic carbocycles. The number of hydrogen-bond donors (Lipinski definition) is 1. The number of halogens is 1. The van der Waals surface area contributed by atoms with Gasteiger partial charge >= 0.3 is 5.97 Å². The highest BCUT2D eigenvalue weighted by Gasteiger charge is 2.25. The largest absolute Gasteiger partial charge is 0.480 e. The molecule has 5 heteroatoms. The van der Waals surface area contributed by atoms with Gasteiger partial charge in [0.05, 0.1) is 0 Å². The quantitative estimate of drug-likeness (QED) is 0.839. The average molecular weight is 331 g/mol. The van der Waals surface area contributed by atoms with Crippen molar-refractivity contribution in [3.05, 3.63) is 27.3 Å². The number of anilines is 1. The summed E-state index contributed by atoms with van der Waals surface area (Å²) in [5.41, 5.74) is 1.78. The van der Waals surface area contributed by atoms with Crippen LogP contribution in [-0.2, 0) is 16.0 Å². The Labute approximate surface area is 106 Å². The molecule has 1 heterocycles. The minimum Gasteiger partial charge on any atom is -0.480 e. The zero-order valence-electron chi connectivity index (χ0n) is 8.44. The predicted molar refractivity (Wildman–Crippen MR) is 67.5 cm³/mol. The van der Waals surface area contributed by atoms with Gasteiger partial charge in [0.15, 0.2) is 0 Å². The summed E-state index contributed by atoms with van der Waals surface area (Å²) in [4.78, 5) is 23.7. The number of benzene rings is 1. The summed E-state index contributed by atoms with van der Waals surface area (Å²) in [6.45, 7) is -0.258. The Balaban J connectivity index is 2.40. The number of carbonyl (C=O) groups excluding carboxylic acids is 1. The molecule has 0 unspecified atom stereocenters. The highest BCUT2D eigenvalue weighted by molar-refractivity contribution is 14.1. The molecule has 0 spiro atoms. The van der Waals surface area contributed by atoms with Gasteiger partial charge in [-0.3, -0.25) is 9.59 Å². The SMILES string of the molecule is O=C(O)CN1C(=O)CCc2cc(I)ccc21. The molecule has 1 aliphatic heterocycles. The van der Waals surface area contributed by atoms with Crippen molar-refractivity contribution in [1.29, 1.82) is 0 Å². The van der Waals surface area contributed by atoms with Gasteiger partial charge in [-0.15, -0.1) is 0 Å². The molecule has 4 nitrogen and oxygen atoms in total. The molecule has 1 aliphatic rings. The molecular formula is C11H10INO3. The van der Waals surface area contributed by atoms with Crippen molar-refractivity contribution in [3.8, 4) is 0 Å². The molecule has 0 fully saturated rings. The summed E-state index contributed by atoms with van der Waals surface area (Å²) >= 11 is 2.20. The smallest absolute Gasteiger partial charge is 0.323 e. The van der Waals surface area contributed by atoms with Gasteiger partial charge in [-0.2, -0.15) is 0 Å². The molecule has 0 atom stereocenters. The van der Waals surface area contributed by atoms with Crippen LogP contribution in [0.2, 0.25) is 0 Å². The number of nitrogens with zero attached hydrogens (tertiary/aromatic N) is 1. The van der Waals surface area contributed by atoms with Gasteiger partial charge in [-0.05, 0) is 52.8 Å². The van der Waals surface area contributed by atoms with Gasteiger partial charge in [-0.1, -0.05) is 0 Å². The molecule has 1 aromatic carbocycles. The molecule has 2 rings (SSSR count). The van der Waals surface area contributed by atoms with Crippen LogP contribution in [0, 0.1) is 3.57 Å². The number of carboxylic acid groups (broad SMARTS) is 1. The Morgan fingerprint density at radius 3 is 2.88 bits per heavy atom. The Hall–Kier alpha value is -1.11. The maximum atomic E-state index is 11.6. The van der Waals surface area contributed by atoms with Gasteiger partial charge in [-0.25, -0.2) is 0 Å². The summed E-state index contributed by atoms with van der Waals surface area (Å²) in [5.74, 6) is -1.10. The van der Waals surface area contributed by atoms with E-state index >= 15 is 0 Å². The third-order valence-electron chi connectivity index (χ3n) is 2.53. The van der Waals surface area contributed by atoms with Crippen molar-refractivity contribution < 1.29 is 14.7 Å². The first-order valence-corrected chi connectivity index (χ1v) is 5.96. The predicted octanol–water partition coefficient (Wildman–Crippen LogP) is 1.66. The molecular weight excluding hydrogens is 321 g/mol. The van der Waals surface area contributed by atoms with Gasteiger partial charge in [0.1, 0.15) is 6.54 Å². The number of aliphatic carboxylic acids is 1. The lowest BCUT2D eigenvalue weighted by Crippen LogP contribution is -2.38. The van der Waals surface area contributed by atoms with E-state index in [0.29, 0.717) is 12.8 Å². The van der Waals surface area contributed by atoms with Gasteiger partial charge in [0, 0.05) is 15.7 Å². The van der Waals surface area contributed by atoms with Gasteiger partial charge in [0.25, 0.3) is 0 Å². The molecule has 0 saturated heterocycles. The van der Waals surface area contributed by atoms with Crippen LogP contribution in [0.5, 0.6) is 0 Å². The third kappa shape index (κ3) is 2.18. The summed E-state index contributed by atoms with van der Waals surface area (Å²) in [7, 11) is 0. The highest BCUT2D eigenvalue weighted by atomic mass is 127. The van der Waals surface area contributed by atoms with Gasteiger partial charge in [0.2, 0.25) is 5.91 Å². The number of rotatable bonds is 2. The first-order valence-electron chi connectivity index (χ1n) is 4.88. The van der Waals surface area contributed by atoms with E-state index in [-0.39, 0.29) is 12.5 Å². The van der Waals surface area contributed by atoms with Crippen molar-refractivity contribution >= 4 is 40.2 Å². The van der Waals surface area contributed by atoms with Crippen LogP contribution in [0.4, 0.5) is 5.69 Å². The van der Waals surface area contributed by atoms with Crippen molar-refractivity contribution in [1.82, 2.24) is 0 Å². The number of carbonyl (C=O) groups is 2. The van der Waals surface area contributed by atoms with E-state index < -0.39 is 5.97 Å². The lowest BCUT2D eigenvalue weighted by Gasteiger charge is -2.28. The fraction of sp³-hybridized carbons (Fsp3) is 0.273. The summed E-state index contributed by atoms with van der Waals surface area (Å²) in [6, 6.07) is 5.70. The van der Waals surface area contributed by atoms with Crippen LogP contribution in [0.15, 0.2) is 18.2 Å². The van der Waals surface area contributed by atoms with Crippen molar-refractivity contribution in [2.75, 3.05) is 11.4 Å². The first kappa shape index (κ1) is 11.4. The number of fused-ring (bicyclic) bond motifs is 1. The molecule has 84 valence electrons. The molecule has 1 N–H and O–H groups in total. The van der Waals surface area contributed by atoms with Crippen molar-refractivity contribution in [2.24, 2.45) is 0 Å². The maximum Gasteiger partial charge on any atom is 0.323 e. The molecule has 16 heavy (non-hydrogen) atoms. The fourth-order valence-electron chi connectivity index (χ4n) is 1.84. The zero-order valence-corrected chi connectivity index (χ0v) is 10.6. The maximum absolute atomic E-state index is 11.6. The Kier molecular flexibility index (Phi) is 3.13. The van der Waals surface area contributed by atoms with E-state index in [4.69, 9.17) is 5.11 Å². The topological polar surface area (TPSA) is 57.6 Å². The zero-order chi connectivity index (χ0) is 11.7. The summed E-state index contributed by atoms with van der Waals surface area (Å²) in [6.07, 6.45) is 1.08. The Bertz CT molecular complexity index is 459. The second kappa shape index (κ2) is 4.40. The van der Waals surface area contributed by atoms with E-state index in [0.717, 1.165) is 14.8 Å². The van der Waals surface area contributed by atoms with E-state index in [1.54, 1.807) is 0 Å². The van der Waals surface area contributed by atoms with Crippen LogP contribution < -0.4 is 4.90 Å². The van der Waals surface area contributed by atoms with E-state index in [1.807, 2.05) is 18.2 Å². The summed E-state index contributed by atoms with van der Waals surface area (Å²) in [5, 5.41) is 8.77. The Morgan fingerprint density at radius 2 is 2.19 bits per heavy atom. The number of hydrogen-bond acceptors (Lipinski definition) is 2. The molecule has 0 aromatic heterocycles. The monoisotopic (exact) mass is 331 g/mol. The average Bonchev–Trinajstić information content (AvgIpc) is 2.22. The van der Waals surface area contributed by atoms with E-state index in [2.05, 4.69) is 22.6 Å². The lowest BCUT2D eigenvalue weighted by molar-refractivity contribution is -0.136. The first-order chi connectivity index (χ1) is 7.58. The molecule has 0 bridgehead atoms. The van der Waals surface area contributed by atoms with E-state index in [1.165, 1.54) is 4.90 Å². The second-order valence-corrected chi connectivity index (χ2v) is 4.89. The standard InChI is InChI=1S/C11H10INO3/c12-8-2-3-9-7(5-8)1-4-10(14)13(9)6-11(15)16/h2-3,5H,1,4,6H2,(H,15,16). The number of amides is 1. The Morgan fingerprint density at radius 1 is 1.44 bits per heavy atom. The van der Waals surface area contributed by atoms with Crippen molar-refractivity contribution in [3.63, 3.8) is 0 Å². The van der Waals surface area contributed by atoms with Crippen LogP contribution in [0.1, 0.15) is 12.0 Å². The van der Waals surface area contributed by atoms with E-state index in [9.17, 15) is 9.59 Å². The molecule has 1 amide bonds. The molecule has 0 radical (unpaired) electrons. The van der Waals surface area contributed by atoms with Crippen LogP contribution in [0.3, 0.4) is 0 Å². The summed E-state index contributed by atoms with van der Waals surface area (Å²) < 4.78 is 1.10. The lowest BCUT2D eigenvalue weighted by atomic mass is 10.0. The van der Waals surface area contributed by atoms with Crippen molar-refractivity contribution in [2.45, 2.75) is 12.8 Å².